The molecule has 14 nitrogen and oxygen atoms in total. The van der Waals surface area contributed by atoms with Gasteiger partial charge in [0.25, 0.3) is 0 Å². The van der Waals surface area contributed by atoms with E-state index in [1.807, 2.05) is 6.07 Å². The van der Waals surface area contributed by atoms with E-state index in [9.17, 15) is 9.90 Å². The van der Waals surface area contributed by atoms with E-state index >= 15 is 0 Å². The first-order valence-corrected chi connectivity index (χ1v) is 5.47. The molecular weight excluding hydrogens is 404 g/mol. The van der Waals surface area contributed by atoms with Gasteiger partial charge >= 0.3 is 17.1 Å². The third kappa shape index (κ3) is 15.5. The second-order valence-corrected chi connectivity index (χ2v) is 3.36. The van der Waals surface area contributed by atoms with Crippen molar-refractivity contribution >= 4 is 5.97 Å². The quantitative estimate of drug-likeness (QED) is 0.228. The Kier molecular flexibility index (Phi) is 19.3. The van der Waals surface area contributed by atoms with Gasteiger partial charge in [0, 0.05) is 6.20 Å². The molecule has 0 aromatic carbocycles. The van der Waals surface area contributed by atoms with Crippen molar-refractivity contribution < 1.29 is 48.1 Å². The van der Waals surface area contributed by atoms with Gasteiger partial charge in [-0.05, 0) is 24.3 Å². The molecule has 15 heteroatoms. The first-order valence-electron chi connectivity index (χ1n) is 5.47. The van der Waals surface area contributed by atoms with Crippen molar-refractivity contribution in [2.75, 3.05) is 0 Å². The first-order chi connectivity index (χ1) is 10.7. The Bertz CT molecular complexity index is 653. The number of rotatable bonds is 2. The second kappa shape index (κ2) is 16.5. The smallest absolute Gasteiger partial charge is 0.543 e. The van der Waals surface area contributed by atoms with Crippen LogP contribution < -0.4 is 5.11 Å². The van der Waals surface area contributed by atoms with Crippen molar-refractivity contribution in [2.45, 2.75) is 0 Å². The zero-order valence-corrected chi connectivity index (χ0v) is 13.7. The molecule has 0 fully saturated rings. The van der Waals surface area contributed by atoms with Gasteiger partial charge < -0.3 is 51.5 Å². The fraction of sp³-hybridized carbons (Fsp3) is 0. The summed E-state index contributed by atoms with van der Waals surface area (Å²) in [4.78, 5) is 35.1. The minimum atomic E-state index is -1.75. The van der Waals surface area contributed by atoms with Crippen LogP contribution >= 0.6 is 0 Å². The number of aromatic nitrogens is 2. The maximum absolute atomic E-state index is 10.6. The summed E-state index contributed by atoms with van der Waals surface area (Å²) in [6, 6.07) is 10.1. The van der Waals surface area contributed by atoms with Gasteiger partial charge in [0.05, 0.1) is 33.2 Å². The van der Waals surface area contributed by atoms with Crippen molar-refractivity contribution in [3.63, 3.8) is 0 Å². The van der Waals surface area contributed by atoms with Crippen LogP contribution in [-0.2, 0) is 28.0 Å². The molecule has 0 spiro atoms. The average Bonchev–Trinajstić information content (AvgIpc) is 2.47. The van der Waals surface area contributed by atoms with E-state index in [0.717, 1.165) is 0 Å². The zero-order chi connectivity index (χ0) is 17.8. The molecule has 26 heavy (non-hydrogen) atoms. The Morgan fingerprint density at radius 3 is 1.69 bits per heavy atom. The Morgan fingerprint density at radius 1 is 0.846 bits per heavy atom. The standard InChI is InChI=1S/C11H8N2O2.Fe.2NO3.2H2O/c14-11(15)10-6-3-5-9(13-10)8-4-1-2-7-12-8;;2*2-1(3)4;;/h1-7H,(H,14,15);;;;2*1H2/q;+3;2*-1;;/p+1. The third-order valence-corrected chi connectivity index (χ3v) is 1.89. The Labute approximate surface area is 155 Å². The first kappa shape index (κ1) is 30.5. The summed E-state index contributed by atoms with van der Waals surface area (Å²) >= 11 is 0. The predicted octanol–water partition coefficient (Wildman–Crippen LogP) is -1.82. The number of carboxylic acids is 1. The molecule has 1 radical (unpaired) electrons. The van der Waals surface area contributed by atoms with Crippen LogP contribution in [0.1, 0.15) is 10.5 Å². The van der Waals surface area contributed by atoms with Crippen molar-refractivity contribution in [3.05, 3.63) is 78.9 Å². The van der Waals surface area contributed by atoms with E-state index in [4.69, 9.17) is 30.6 Å². The second-order valence-electron chi connectivity index (χ2n) is 3.36. The van der Waals surface area contributed by atoms with Crippen LogP contribution in [0.15, 0.2) is 42.6 Å². The minimum Gasteiger partial charge on any atom is -0.543 e. The molecule has 2 rings (SSSR count). The maximum atomic E-state index is 10.6. The molecule has 0 aliphatic carbocycles. The van der Waals surface area contributed by atoms with Crippen LogP contribution in [0.2, 0.25) is 0 Å². The van der Waals surface area contributed by atoms with Gasteiger partial charge in [-0.1, -0.05) is 12.1 Å². The number of carbonyl (C=O) groups excluding carboxylic acids is 1. The van der Waals surface area contributed by atoms with E-state index < -0.39 is 16.1 Å². The SMILES string of the molecule is O=C([O-])c1cccc(-c2ccccn2)n1.O=[N+]([O-])[O-].O=[N+]([O-])[O-].[Fe+3].[OH3+].[OH3+]. The topological polar surface area (TPSA) is 264 Å². The van der Waals surface area contributed by atoms with Crippen LogP contribution in [0.5, 0.6) is 0 Å². The molecule has 0 saturated carbocycles. The number of nitrogens with zero attached hydrogens (tertiary/aromatic N) is 4. The summed E-state index contributed by atoms with van der Waals surface area (Å²) in [7, 11) is 0. The number of aromatic carboxylic acids is 1. The Balaban J connectivity index is -0.000000190. The summed E-state index contributed by atoms with van der Waals surface area (Å²) < 4.78 is 0. The number of hydrogen-bond acceptors (Lipinski definition) is 10. The molecule has 0 unspecified atom stereocenters. The van der Waals surface area contributed by atoms with Gasteiger partial charge in [0.15, 0.2) is 0 Å². The van der Waals surface area contributed by atoms with Crippen molar-refractivity contribution in [1.29, 1.82) is 0 Å². The number of carbonyl (C=O) groups is 1. The van der Waals surface area contributed by atoms with E-state index in [1.54, 1.807) is 30.5 Å². The summed E-state index contributed by atoms with van der Waals surface area (Å²) in [5.41, 5.74) is 1.08. The van der Waals surface area contributed by atoms with Gasteiger partial charge in [-0.2, -0.15) is 0 Å². The number of pyridine rings is 2. The predicted molar refractivity (Wildman–Crippen MR) is 82.3 cm³/mol. The molecule has 0 amide bonds. The van der Waals surface area contributed by atoms with Gasteiger partial charge in [-0.3, -0.25) is 4.98 Å². The van der Waals surface area contributed by atoms with E-state index in [1.165, 1.54) is 6.07 Å². The van der Waals surface area contributed by atoms with Gasteiger partial charge in [0.2, 0.25) is 0 Å². The van der Waals surface area contributed by atoms with Crippen LogP contribution in [0.4, 0.5) is 0 Å². The van der Waals surface area contributed by atoms with Gasteiger partial charge in [0.1, 0.15) is 0 Å². The molecule has 143 valence electrons. The molecule has 0 saturated heterocycles. The zero-order valence-electron chi connectivity index (χ0n) is 12.6. The van der Waals surface area contributed by atoms with E-state index in [0.29, 0.717) is 11.4 Å². The monoisotopic (exact) mass is 417 g/mol. The maximum Gasteiger partial charge on any atom is 3.00 e. The van der Waals surface area contributed by atoms with E-state index in [2.05, 4.69) is 9.97 Å². The summed E-state index contributed by atoms with van der Waals surface area (Å²) in [6.07, 6.45) is 1.63. The molecule has 0 aliphatic heterocycles. The minimum absolute atomic E-state index is 0. The largest absolute Gasteiger partial charge is 3.00 e. The van der Waals surface area contributed by atoms with Crippen molar-refractivity contribution in [2.24, 2.45) is 0 Å². The Morgan fingerprint density at radius 2 is 1.31 bits per heavy atom. The van der Waals surface area contributed by atoms with Crippen LogP contribution in [0.3, 0.4) is 0 Å². The fourth-order valence-electron chi connectivity index (χ4n) is 1.21. The summed E-state index contributed by atoms with van der Waals surface area (Å²) in [5, 5.41) is 40.1. The molecular formula is C11H13FeN4O10+2. The molecule has 0 atom stereocenters. The Hall–Kier alpha value is -3.39. The third-order valence-electron chi connectivity index (χ3n) is 1.89. The normalized spacial score (nSPS) is 7.54. The van der Waals surface area contributed by atoms with Crippen molar-refractivity contribution in [3.8, 4) is 11.4 Å². The number of hydrogen-bond donors (Lipinski definition) is 0. The van der Waals surface area contributed by atoms with Crippen molar-refractivity contribution in [1.82, 2.24) is 9.97 Å². The molecule has 0 bridgehead atoms. The van der Waals surface area contributed by atoms with E-state index in [-0.39, 0.29) is 33.7 Å². The fourth-order valence-corrected chi connectivity index (χ4v) is 1.21. The molecule has 2 heterocycles. The summed E-state index contributed by atoms with van der Waals surface area (Å²) in [5.74, 6) is -1.28. The van der Waals surface area contributed by atoms with Crippen LogP contribution in [0, 0.1) is 30.6 Å². The van der Waals surface area contributed by atoms with Crippen LogP contribution in [0.25, 0.3) is 11.4 Å². The average molecular weight is 417 g/mol. The van der Waals surface area contributed by atoms with Gasteiger partial charge in [-0.15, -0.1) is 0 Å². The summed E-state index contributed by atoms with van der Waals surface area (Å²) in [6.45, 7) is 0. The molecule has 0 aliphatic rings. The molecule has 2 aromatic rings. The number of carboxylic acid groups (broad SMARTS) is 1. The van der Waals surface area contributed by atoms with Crippen LogP contribution in [-0.4, -0.2) is 26.1 Å². The molecule has 6 N–H and O–H groups in total. The van der Waals surface area contributed by atoms with Gasteiger partial charge in [-0.25, -0.2) is 4.98 Å². The molecule has 2 aromatic heterocycles.